The van der Waals surface area contributed by atoms with Gasteiger partial charge in [0.25, 0.3) is 0 Å². The van der Waals surface area contributed by atoms with Gasteiger partial charge in [0.15, 0.2) is 0 Å². The number of ether oxygens (including phenoxy) is 1. The summed E-state index contributed by atoms with van der Waals surface area (Å²) < 4.78 is 5.79. The summed E-state index contributed by atoms with van der Waals surface area (Å²) in [5.41, 5.74) is 1.37. The average Bonchev–Trinajstić information content (AvgIpc) is 2.51. The first-order valence-corrected chi connectivity index (χ1v) is 9.13. The Labute approximate surface area is 137 Å². The molecule has 0 saturated heterocycles. The van der Waals surface area contributed by atoms with Crippen molar-refractivity contribution in [1.29, 1.82) is 0 Å². The van der Waals surface area contributed by atoms with Crippen LogP contribution < -0.4 is 10.1 Å². The number of benzene rings is 1. The van der Waals surface area contributed by atoms with E-state index in [2.05, 4.69) is 57.3 Å². The fourth-order valence-electron chi connectivity index (χ4n) is 2.53. The van der Waals surface area contributed by atoms with E-state index in [9.17, 15) is 0 Å². The van der Waals surface area contributed by atoms with Crippen LogP contribution >= 0.6 is 0 Å². The molecule has 0 saturated carbocycles. The van der Waals surface area contributed by atoms with Gasteiger partial charge < -0.3 is 10.1 Å². The molecule has 2 heteroatoms. The fourth-order valence-corrected chi connectivity index (χ4v) is 2.53. The highest BCUT2D eigenvalue weighted by Gasteiger charge is 2.08. The zero-order chi connectivity index (χ0) is 16.2. The van der Waals surface area contributed by atoms with Gasteiger partial charge in [0.1, 0.15) is 5.75 Å². The highest BCUT2D eigenvalue weighted by Crippen LogP contribution is 2.20. The van der Waals surface area contributed by atoms with E-state index in [-0.39, 0.29) is 0 Å². The third-order valence-corrected chi connectivity index (χ3v) is 4.08. The second-order valence-electron chi connectivity index (χ2n) is 6.58. The van der Waals surface area contributed by atoms with Gasteiger partial charge >= 0.3 is 0 Å². The van der Waals surface area contributed by atoms with Crippen molar-refractivity contribution in [2.45, 2.75) is 72.3 Å². The molecular weight excluding hydrogens is 270 g/mol. The van der Waals surface area contributed by atoms with Gasteiger partial charge in [-0.2, -0.15) is 0 Å². The predicted octanol–water partition coefficient (Wildman–Crippen LogP) is 5.73. The first-order chi connectivity index (χ1) is 10.7. The number of nitrogens with one attached hydrogen (secondary N) is 1. The molecular formula is C20H35NO. The van der Waals surface area contributed by atoms with E-state index in [1.165, 1.54) is 31.2 Å². The van der Waals surface area contributed by atoms with Crippen molar-refractivity contribution in [3.63, 3.8) is 0 Å². The molecule has 1 N–H and O–H groups in total. The van der Waals surface area contributed by atoms with E-state index in [1.54, 1.807) is 0 Å². The SMILES string of the molecule is CCCCCCNC(CC)c1ccc(OCCC(C)C)cc1. The lowest BCUT2D eigenvalue weighted by molar-refractivity contribution is 0.289. The minimum absolute atomic E-state index is 0.464. The fraction of sp³-hybridized carbons (Fsp3) is 0.700. The van der Waals surface area contributed by atoms with Gasteiger partial charge in [0, 0.05) is 6.04 Å². The molecule has 22 heavy (non-hydrogen) atoms. The van der Waals surface area contributed by atoms with Crippen molar-refractivity contribution in [2.24, 2.45) is 5.92 Å². The van der Waals surface area contributed by atoms with Gasteiger partial charge in [-0.1, -0.05) is 59.1 Å². The summed E-state index contributed by atoms with van der Waals surface area (Å²) >= 11 is 0. The molecule has 1 rings (SSSR count). The molecule has 0 amide bonds. The van der Waals surface area contributed by atoms with Crippen LogP contribution in [0.1, 0.15) is 77.8 Å². The normalized spacial score (nSPS) is 12.6. The van der Waals surface area contributed by atoms with Crippen molar-refractivity contribution in [1.82, 2.24) is 5.32 Å². The largest absolute Gasteiger partial charge is 0.494 e. The lowest BCUT2D eigenvalue weighted by Gasteiger charge is -2.18. The highest BCUT2D eigenvalue weighted by molar-refractivity contribution is 5.29. The van der Waals surface area contributed by atoms with Crippen LogP contribution in [0.4, 0.5) is 0 Å². The van der Waals surface area contributed by atoms with Crippen molar-refractivity contribution >= 4 is 0 Å². The van der Waals surface area contributed by atoms with Crippen LogP contribution in [-0.2, 0) is 0 Å². The van der Waals surface area contributed by atoms with Crippen LogP contribution in [0, 0.1) is 5.92 Å². The lowest BCUT2D eigenvalue weighted by Crippen LogP contribution is -2.21. The molecule has 0 aliphatic carbocycles. The first-order valence-electron chi connectivity index (χ1n) is 9.13. The van der Waals surface area contributed by atoms with Gasteiger partial charge in [-0.15, -0.1) is 0 Å². The number of hydrogen-bond donors (Lipinski definition) is 1. The van der Waals surface area contributed by atoms with E-state index in [0.717, 1.165) is 31.7 Å². The topological polar surface area (TPSA) is 21.3 Å². The summed E-state index contributed by atoms with van der Waals surface area (Å²) in [6, 6.07) is 9.09. The zero-order valence-electron chi connectivity index (χ0n) is 15.0. The molecule has 1 unspecified atom stereocenters. The standard InChI is InChI=1S/C20H35NO/c1-5-7-8-9-15-21-20(6-2)18-10-12-19(13-11-18)22-16-14-17(3)4/h10-13,17,20-21H,5-9,14-16H2,1-4H3. The second kappa shape index (κ2) is 11.5. The van der Waals surface area contributed by atoms with Crippen LogP contribution in [0.3, 0.4) is 0 Å². The van der Waals surface area contributed by atoms with E-state index >= 15 is 0 Å². The van der Waals surface area contributed by atoms with Crippen LogP contribution in [0.5, 0.6) is 5.75 Å². The molecule has 0 heterocycles. The Morgan fingerprint density at radius 3 is 2.32 bits per heavy atom. The number of unbranched alkanes of at least 4 members (excludes halogenated alkanes) is 3. The van der Waals surface area contributed by atoms with Crippen LogP contribution in [0.15, 0.2) is 24.3 Å². The summed E-state index contributed by atoms with van der Waals surface area (Å²) in [5, 5.41) is 3.68. The van der Waals surface area contributed by atoms with Crippen LogP contribution in [0.25, 0.3) is 0 Å². The highest BCUT2D eigenvalue weighted by atomic mass is 16.5. The van der Waals surface area contributed by atoms with E-state index in [4.69, 9.17) is 4.74 Å². The first kappa shape index (κ1) is 19.0. The maximum atomic E-state index is 5.79. The molecule has 0 spiro atoms. The van der Waals surface area contributed by atoms with E-state index < -0.39 is 0 Å². The summed E-state index contributed by atoms with van der Waals surface area (Å²) in [6.07, 6.45) is 7.50. The zero-order valence-corrected chi connectivity index (χ0v) is 15.0. The van der Waals surface area contributed by atoms with Crippen molar-refractivity contribution < 1.29 is 4.74 Å². The molecule has 0 aliphatic heterocycles. The Morgan fingerprint density at radius 2 is 1.73 bits per heavy atom. The average molecular weight is 306 g/mol. The van der Waals surface area contributed by atoms with Crippen LogP contribution in [-0.4, -0.2) is 13.2 Å². The number of rotatable bonds is 12. The summed E-state index contributed by atoms with van der Waals surface area (Å²) in [7, 11) is 0. The predicted molar refractivity (Wildman–Crippen MR) is 96.6 cm³/mol. The molecule has 2 nitrogen and oxygen atoms in total. The van der Waals surface area contributed by atoms with E-state index in [0.29, 0.717) is 12.0 Å². The van der Waals surface area contributed by atoms with Crippen molar-refractivity contribution in [3.8, 4) is 5.75 Å². The molecule has 0 fully saturated rings. The summed E-state index contributed by atoms with van der Waals surface area (Å²) in [4.78, 5) is 0. The third-order valence-electron chi connectivity index (χ3n) is 4.08. The van der Waals surface area contributed by atoms with Gasteiger partial charge in [-0.25, -0.2) is 0 Å². The molecule has 1 aromatic rings. The van der Waals surface area contributed by atoms with Gasteiger partial charge in [0.2, 0.25) is 0 Å². The maximum Gasteiger partial charge on any atom is 0.119 e. The van der Waals surface area contributed by atoms with Crippen molar-refractivity contribution in [3.05, 3.63) is 29.8 Å². The van der Waals surface area contributed by atoms with E-state index in [1.807, 2.05) is 0 Å². The minimum atomic E-state index is 0.464. The molecule has 0 aliphatic rings. The molecule has 0 radical (unpaired) electrons. The van der Waals surface area contributed by atoms with Gasteiger partial charge in [-0.05, 0) is 49.4 Å². The van der Waals surface area contributed by atoms with Crippen molar-refractivity contribution in [2.75, 3.05) is 13.2 Å². The Balaban J connectivity index is 2.38. The summed E-state index contributed by atoms with van der Waals surface area (Å²) in [5.74, 6) is 1.68. The maximum absolute atomic E-state index is 5.79. The van der Waals surface area contributed by atoms with Gasteiger partial charge in [0.05, 0.1) is 6.61 Å². The Bertz CT molecular complexity index is 372. The Morgan fingerprint density at radius 1 is 1.00 bits per heavy atom. The molecule has 0 bridgehead atoms. The van der Waals surface area contributed by atoms with Crippen LogP contribution in [0.2, 0.25) is 0 Å². The Kier molecular flexibility index (Phi) is 9.98. The molecule has 0 aromatic heterocycles. The smallest absolute Gasteiger partial charge is 0.119 e. The van der Waals surface area contributed by atoms with Gasteiger partial charge in [-0.3, -0.25) is 0 Å². The third kappa shape index (κ3) is 7.84. The second-order valence-corrected chi connectivity index (χ2v) is 6.58. The molecule has 1 atom stereocenters. The summed E-state index contributed by atoms with van der Waals surface area (Å²) in [6.45, 7) is 10.9. The number of hydrogen-bond acceptors (Lipinski definition) is 2. The monoisotopic (exact) mass is 305 g/mol. The minimum Gasteiger partial charge on any atom is -0.494 e. The quantitative estimate of drug-likeness (QED) is 0.498. The molecule has 1 aromatic carbocycles. The molecule has 126 valence electrons. The Hall–Kier alpha value is -1.02. The lowest BCUT2D eigenvalue weighted by atomic mass is 10.0.